The van der Waals surface area contributed by atoms with E-state index in [1.54, 1.807) is 0 Å². The third-order valence-corrected chi connectivity index (χ3v) is 3.66. The van der Waals surface area contributed by atoms with Crippen LogP contribution in [0, 0.1) is 17.2 Å². The van der Waals surface area contributed by atoms with Gasteiger partial charge in [-0.1, -0.05) is 41.9 Å². The molecule has 0 aliphatic carbocycles. The van der Waals surface area contributed by atoms with Crippen molar-refractivity contribution in [1.29, 1.82) is 5.26 Å². The highest BCUT2D eigenvalue weighted by molar-refractivity contribution is 9.10. The van der Waals surface area contributed by atoms with Crippen molar-refractivity contribution in [3.63, 3.8) is 0 Å². The van der Waals surface area contributed by atoms with E-state index in [9.17, 15) is 10.1 Å². The lowest BCUT2D eigenvalue weighted by atomic mass is 9.80. The maximum Gasteiger partial charge on any atom is 0.305 e. The Balaban J connectivity index is 2.64. The van der Waals surface area contributed by atoms with Crippen LogP contribution < -0.4 is 0 Å². The molecule has 1 aromatic rings. The first-order chi connectivity index (χ1) is 9.37. The minimum absolute atomic E-state index is 0.239. The van der Waals surface area contributed by atoms with Crippen molar-refractivity contribution in [2.75, 3.05) is 6.61 Å². The molecule has 0 fully saturated rings. The van der Waals surface area contributed by atoms with E-state index in [2.05, 4.69) is 22.0 Å². The molecule has 1 atom stereocenters. The lowest BCUT2D eigenvalue weighted by Crippen LogP contribution is -2.22. The molecule has 0 aliphatic heterocycles. The number of nitriles is 1. The van der Waals surface area contributed by atoms with Crippen molar-refractivity contribution >= 4 is 21.9 Å². The number of hydrogen-bond acceptors (Lipinski definition) is 3. The van der Waals surface area contributed by atoms with Gasteiger partial charge in [0.15, 0.2) is 0 Å². The Morgan fingerprint density at radius 3 is 2.50 bits per heavy atom. The number of halogens is 1. The molecule has 1 aromatic carbocycles. The highest BCUT2D eigenvalue weighted by Gasteiger charge is 2.27. The van der Waals surface area contributed by atoms with E-state index < -0.39 is 5.41 Å². The van der Waals surface area contributed by atoms with Crippen LogP contribution in [0.5, 0.6) is 0 Å². The quantitative estimate of drug-likeness (QED) is 0.730. The van der Waals surface area contributed by atoms with Gasteiger partial charge in [0.1, 0.15) is 0 Å². The molecule has 0 aliphatic rings. The maximum absolute atomic E-state index is 11.7. The van der Waals surface area contributed by atoms with Crippen LogP contribution >= 0.6 is 15.9 Å². The van der Waals surface area contributed by atoms with Crippen molar-refractivity contribution in [3.8, 4) is 6.07 Å². The zero-order valence-electron chi connectivity index (χ0n) is 12.1. The maximum atomic E-state index is 11.7. The molecule has 108 valence electrons. The molecule has 20 heavy (non-hydrogen) atoms. The number of benzene rings is 1. The van der Waals surface area contributed by atoms with Gasteiger partial charge in [0.25, 0.3) is 0 Å². The molecule has 0 amide bonds. The highest BCUT2D eigenvalue weighted by atomic mass is 79.9. The minimum atomic E-state index is -0.669. The second-order valence-corrected chi connectivity index (χ2v) is 6.44. The topological polar surface area (TPSA) is 50.1 Å². The van der Waals surface area contributed by atoms with Gasteiger partial charge in [0.05, 0.1) is 18.1 Å². The van der Waals surface area contributed by atoms with Gasteiger partial charge in [-0.15, -0.1) is 0 Å². The normalized spacial score (nSPS) is 13.6. The lowest BCUT2D eigenvalue weighted by molar-refractivity contribution is -0.145. The molecule has 0 heterocycles. The Morgan fingerprint density at radius 2 is 2.00 bits per heavy atom. The van der Waals surface area contributed by atoms with Gasteiger partial charge in [0.2, 0.25) is 0 Å². The molecular formula is C16H20BrNO2. The number of carbonyl (C=O) groups is 1. The van der Waals surface area contributed by atoms with Gasteiger partial charge >= 0.3 is 5.97 Å². The van der Waals surface area contributed by atoms with E-state index in [1.807, 2.05) is 45.0 Å². The standard InChI is InChI=1S/C16H20BrNO2/c1-12(2)10-20-15(19)8-9-16(3,11-18)13-4-6-14(17)7-5-13/h4-7,12H,8-10H2,1-3H3/t16-/m0/s1. The van der Waals surface area contributed by atoms with Crippen molar-refractivity contribution in [1.82, 2.24) is 0 Å². The predicted molar refractivity (Wildman–Crippen MR) is 82.1 cm³/mol. The number of ether oxygens (including phenoxy) is 1. The average Bonchev–Trinajstić information content (AvgIpc) is 2.43. The summed E-state index contributed by atoms with van der Waals surface area (Å²) in [5, 5.41) is 9.43. The summed E-state index contributed by atoms with van der Waals surface area (Å²) in [5.74, 6) is 0.0880. The average molecular weight is 338 g/mol. The SMILES string of the molecule is CC(C)COC(=O)CC[C@@](C)(C#N)c1ccc(Br)cc1. The second-order valence-electron chi connectivity index (χ2n) is 5.53. The van der Waals surface area contributed by atoms with E-state index in [0.29, 0.717) is 18.9 Å². The zero-order chi connectivity index (χ0) is 15.2. The zero-order valence-corrected chi connectivity index (χ0v) is 13.7. The third kappa shape index (κ3) is 4.97. The van der Waals surface area contributed by atoms with Gasteiger partial charge in [0, 0.05) is 10.9 Å². The molecule has 4 heteroatoms. The van der Waals surface area contributed by atoms with E-state index in [0.717, 1.165) is 10.0 Å². The summed E-state index contributed by atoms with van der Waals surface area (Å²) in [6, 6.07) is 9.94. The lowest BCUT2D eigenvalue weighted by Gasteiger charge is -2.21. The molecule has 0 aromatic heterocycles. The Kier molecular flexibility index (Phi) is 6.22. The van der Waals surface area contributed by atoms with Crippen LogP contribution in [0.2, 0.25) is 0 Å². The molecule has 1 rings (SSSR count). The van der Waals surface area contributed by atoms with Gasteiger partial charge in [-0.05, 0) is 37.0 Å². The van der Waals surface area contributed by atoms with Crippen LogP contribution in [-0.4, -0.2) is 12.6 Å². The molecule has 0 spiro atoms. The van der Waals surface area contributed by atoms with Crippen molar-refractivity contribution < 1.29 is 9.53 Å². The summed E-state index contributed by atoms with van der Waals surface area (Å²) in [6.07, 6.45) is 0.717. The molecular weight excluding hydrogens is 318 g/mol. The molecule has 0 N–H and O–H groups in total. The minimum Gasteiger partial charge on any atom is -0.465 e. The number of carbonyl (C=O) groups excluding carboxylic acids is 1. The Hall–Kier alpha value is -1.34. The number of hydrogen-bond donors (Lipinski definition) is 0. The predicted octanol–water partition coefficient (Wildman–Crippen LogP) is 4.21. The van der Waals surface area contributed by atoms with Gasteiger partial charge in [-0.2, -0.15) is 5.26 Å². The van der Waals surface area contributed by atoms with E-state index >= 15 is 0 Å². The highest BCUT2D eigenvalue weighted by Crippen LogP contribution is 2.29. The summed E-state index contributed by atoms with van der Waals surface area (Å²) in [6.45, 7) is 6.27. The summed E-state index contributed by atoms with van der Waals surface area (Å²) in [7, 11) is 0. The van der Waals surface area contributed by atoms with Crippen LogP contribution in [0.3, 0.4) is 0 Å². The van der Waals surface area contributed by atoms with Gasteiger partial charge < -0.3 is 4.74 Å². The van der Waals surface area contributed by atoms with Crippen LogP contribution in [0.4, 0.5) is 0 Å². The van der Waals surface area contributed by atoms with Gasteiger partial charge in [-0.3, -0.25) is 4.79 Å². The molecule has 0 unspecified atom stereocenters. The van der Waals surface area contributed by atoms with Crippen LogP contribution in [0.1, 0.15) is 39.2 Å². The second kappa shape index (κ2) is 7.44. The largest absolute Gasteiger partial charge is 0.465 e. The summed E-state index contributed by atoms with van der Waals surface area (Å²) in [4.78, 5) is 11.7. The Morgan fingerprint density at radius 1 is 1.40 bits per heavy atom. The fourth-order valence-electron chi connectivity index (χ4n) is 1.77. The number of rotatable bonds is 6. The van der Waals surface area contributed by atoms with E-state index in [1.165, 1.54) is 0 Å². The Labute approximate surface area is 129 Å². The molecule has 0 radical (unpaired) electrons. The third-order valence-electron chi connectivity index (χ3n) is 3.13. The summed E-state index contributed by atoms with van der Waals surface area (Å²) in [5.41, 5.74) is 0.247. The summed E-state index contributed by atoms with van der Waals surface area (Å²) < 4.78 is 6.11. The van der Waals surface area contributed by atoms with Crippen LogP contribution in [-0.2, 0) is 14.9 Å². The molecule has 0 saturated heterocycles. The van der Waals surface area contributed by atoms with Crippen molar-refractivity contribution in [2.24, 2.45) is 5.92 Å². The van der Waals surface area contributed by atoms with Crippen LogP contribution in [0.15, 0.2) is 28.7 Å². The molecule has 3 nitrogen and oxygen atoms in total. The van der Waals surface area contributed by atoms with Crippen molar-refractivity contribution in [3.05, 3.63) is 34.3 Å². The first-order valence-electron chi connectivity index (χ1n) is 6.70. The first kappa shape index (κ1) is 16.7. The van der Waals surface area contributed by atoms with Gasteiger partial charge in [-0.25, -0.2) is 0 Å². The monoisotopic (exact) mass is 337 g/mol. The first-order valence-corrected chi connectivity index (χ1v) is 7.49. The Bertz CT molecular complexity index is 490. The molecule has 0 bridgehead atoms. The fourth-order valence-corrected chi connectivity index (χ4v) is 2.03. The van der Waals surface area contributed by atoms with Crippen LogP contribution in [0.25, 0.3) is 0 Å². The summed E-state index contributed by atoms with van der Waals surface area (Å²) >= 11 is 3.37. The fraction of sp³-hybridized carbons (Fsp3) is 0.500. The van der Waals surface area contributed by atoms with Crippen molar-refractivity contribution in [2.45, 2.75) is 39.0 Å². The smallest absolute Gasteiger partial charge is 0.305 e. The number of esters is 1. The molecule has 0 saturated carbocycles. The number of nitrogens with zero attached hydrogens (tertiary/aromatic N) is 1. The van der Waals surface area contributed by atoms with E-state index in [-0.39, 0.29) is 12.4 Å². The van der Waals surface area contributed by atoms with E-state index in [4.69, 9.17) is 4.74 Å².